The van der Waals surface area contributed by atoms with Crippen molar-refractivity contribution in [3.05, 3.63) is 18.2 Å². The molecule has 1 fully saturated rings. The Bertz CT molecular complexity index is 493. The number of ether oxygens (including phenoxy) is 2. The maximum atomic E-state index is 5.42. The normalized spacial score (nSPS) is 21.5. The highest BCUT2D eigenvalue weighted by atomic mass is 32.1. The molecule has 0 heterocycles. The number of rotatable bonds is 4. The van der Waals surface area contributed by atoms with Crippen LogP contribution in [0.25, 0.3) is 0 Å². The van der Waals surface area contributed by atoms with E-state index < -0.39 is 0 Å². The largest absolute Gasteiger partial charge is 0.493 e. The van der Waals surface area contributed by atoms with Crippen molar-refractivity contribution >= 4 is 23.0 Å². The van der Waals surface area contributed by atoms with E-state index in [1.165, 1.54) is 25.7 Å². The lowest BCUT2D eigenvalue weighted by molar-refractivity contribution is 0.309. The van der Waals surface area contributed by atoms with E-state index in [2.05, 4.69) is 17.6 Å². The zero-order valence-corrected chi connectivity index (χ0v) is 13.8. The average Bonchev–Trinajstić information content (AvgIpc) is 2.49. The van der Waals surface area contributed by atoms with Gasteiger partial charge in [0.15, 0.2) is 16.6 Å². The van der Waals surface area contributed by atoms with E-state index in [1.807, 2.05) is 18.2 Å². The minimum Gasteiger partial charge on any atom is -0.493 e. The van der Waals surface area contributed by atoms with Crippen LogP contribution >= 0.6 is 12.2 Å². The van der Waals surface area contributed by atoms with Gasteiger partial charge in [-0.25, -0.2) is 0 Å². The van der Waals surface area contributed by atoms with E-state index in [9.17, 15) is 0 Å². The molecule has 0 saturated heterocycles. The van der Waals surface area contributed by atoms with E-state index >= 15 is 0 Å². The van der Waals surface area contributed by atoms with E-state index in [0.29, 0.717) is 28.6 Å². The van der Waals surface area contributed by atoms with Crippen molar-refractivity contribution in [2.45, 2.75) is 38.6 Å². The van der Waals surface area contributed by atoms with E-state index in [1.54, 1.807) is 14.2 Å². The van der Waals surface area contributed by atoms with Crippen molar-refractivity contribution in [1.82, 2.24) is 5.32 Å². The molecule has 2 N–H and O–H groups in total. The molecule has 4 nitrogen and oxygen atoms in total. The van der Waals surface area contributed by atoms with Crippen LogP contribution in [0.3, 0.4) is 0 Å². The molecule has 21 heavy (non-hydrogen) atoms. The van der Waals surface area contributed by atoms with E-state index in [-0.39, 0.29) is 0 Å². The van der Waals surface area contributed by atoms with Gasteiger partial charge in [-0.3, -0.25) is 0 Å². The summed E-state index contributed by atoms with van der Waals surface area (Å²) in [6.07, 6.45) is 5.07. The number of nitrogens with one attached hydrogen (secondary N) is 2. The smallest absolute Gasteiger partial charge is 0.171 e. The van der Waals surface area contributed by atoms with Gasteiger partial charge in [-0.1, -0.05) is 19.8 Å². The van der Waals surface area contributed by atoms with Crippen molar-refractivity contribution in [2.75, 3.05) is 19.5 Å². The van der Waals surface area contributed by atoms with Gasteiger partial charge in [0.2, 0.25) is 0 Å². The van der Waals surface area contributed by atoms with Crippen LogP contribution in [-0.2, 0) is 0 Å². The summed E-state index contributed by atoms with van der Waals surface area (Å²) in [5.41, 5.74) is 0.897. The van der Waals surface area contributed by atoms with Crippen molar-refractivity contribution in [1.29, 1.82) is 0 Å². The lowest BCUT2D eigenvalue weighted by Gasteiger charge is -2.30. The molecule has 0 radical (unpaired) electrons. The molecule has 1 saturated carbocycles. The minimum absolute atomic E-state index is 0.471. The third-order valence-electron chi connectivity index (χ3n) is 4.07. The predicted octanol–water partition coefficient (Wildman–Crippen LogP) is 3.57. The lowest BCUT2D eigenvalue weighted by atomic mass is 9.86. The molecule has 5 heteroatoms. The zero-order valence-electron chi connectivity index (χ0n) is 12.9. The van der Waals surface area contributed by atoms with Crippen LogP contribution in [-0.4, -0.2) is 25.4 Å². The van der Waals surface area contributed by atoms with Crippen molar-refractivity contribution < 1.29 is 9.47 Å². The Morgan fingerprint density at radius 3 is 2.52 bits per heavy atom. The Kier molecular flexibility index (Phi) is 5.67. The van der Waals surface area contributed by atoms with Crippen LogP contribution in [0.15, 0.2) is 18.2 Å². The van der Waals surface area contributed by atoms with Crippen LogP contribution in [0.4, 0.5) is 5.69 Å². The Morgan fingerprint density at radius 2 is 1.86 bits per heavy atom. The molecule has 116 valence electrons. The monoisotopic (exact) mass is 308 g/mol. The highest BCUT2D eigenvalue weighted by molar-refractivity contribution is 7.80. The number of methoxy groups -OCH3 is 2. The molecule has 1 aliphatic rings. The fourth-order valence-electron chi connectivity index (χ4n) is 2.78. The molecule has 2 unspecified atom stereocenters. The van der Waals surface area contributed by atoms with Gasteiger partial charge in [-0.05, 0) is 43.1 Å². The van der Waals surface area contributed by atoms with Gasteiger partial charge in [0, 0.05) is 17.8 Å². The van der Waals surface area contributed by atoms with Gasteiger partial charge < -0.3 is 20.1 Å². The molecular formula is C16H24N2O2S. The first kappa shape index (κ1) is 15.9. The molecule has 0 bridgehead atoms. The summed E-state index contributed by atoms with van der Waals surface area (Å²) in [5, 5.41) is 7.32. The van der Waals surface area contributed by atoms with Crippen LogP contribution in [0.2, 0.25) is 0 Å². The SMILES string of the molecule is COc1ccc(NC(=S)NC2CCCCC2C)cc1OC. The van der Waals surface area contributed by atoms with Crippen LogP contribution in [0.5, 0.6) is 11.5 Å². The number of thiocarbonyl (C=S) groups is 1. The van der Waals surface area contributed by atoms with Crippen LogP contribution < -0.4 is 20.1 Å². The van der Waals surface area contributed by atoms with Gasteiger partial charge in [-0.15, -0.1) is 0 Å². The van der Waals surface area contributed by atoms with Crippen molar-refractivity contribution in [2.24, 2.45) is 5.92 Å². The molecule has 2 rings (SSSR count). The molecule has 1 aromatic carbocycles. The highest BCUT2D eigenvalue weighted by Crippen LogP contribution is 2.30. The van der Waals surface area contributed by atoms with Crippen molar-refractivity contribution in [3.63, 3.8) is 0 Å². The Morgan fingerprint density at radius 1 is 1.14 bits per heavy atom. The second kappa shape index (κ2) is 7.50. The van der Waals surface area contributed by atoms with Crippen LogP contribution in [0, 0.1) is 5.92 Å². The van der Waals surface area contributed by atoms with Crippen molar-refractivity contribution in [3.8, 4) is 11.5 Å². The number of benzene rings is 1. The van der Waals surface area contributed by atoms with Gasteiger partial charge in [0.25, 0.3) is 0 Å². The van der Waals surface area contributed by atoms with Gasteiger partial charge in [-0.2, -0.15) is 0 Å². The summed E-state index contributed by atoms with van der Waals surface area (Å²) < 4.78 is 10.5. The second-order valence-electron chi connectivity index (χ2n) is 5.54. The Hall–Kier alpha value is -1.49. The molecule has 1 aliphatic carbocycles. The summed E-state index contributed by atoms with van der Waals surface area (Å²) in [6.45, 7) is 2.29. The van der Waals surface area contributed by atoms with Gasteiger partial charge >= 0.3 is 0 Å². The molecule has 2 atom stereocenters. The fraction of sp³-hybridized carbons (Fsp3) is 0.562. The Balaban J connectivity index is 1.96. The molecule has 0 spiro atoms. The molecule has 0 amide bonds. The molecular weight excluding hydrogens is 284 g/mol. The fourth-order valence-corrected chi connectivity index (χ4v) is 3.05. The number of hydrogen-bond donors (Lipinski definition) is 2. The van der Waals surface area contributed by atoms with E-state index in [4.69, 9.17) is 21.7 Å². The number of hydrogen-bond acceptors (Lipinski definition) is 3. The minimum atomic E-state index is 0.471. The van der Waals surface area contributed by atoms with Gasteiger partial charge in [0.05, 0.1) is 14.2 Å². The maximum absolute atomic E-state index is 5.42. The summed E-state index contributed by atoms with van der Waals surface area (Å²) in [4.78, 5) is 0. The lowest BCUT2D eigenvalue weighted by Crippen LogP contribution is -2.43. The van der Waals surface area contributed by atoms with Gasteiger partial charge in [0.1, 0.15) is 0 Å². The average molecular weight is 308 g/mol. The molecule has 0 aromatic heterocycles. The van der Waals surface area contributed by atoms with Crippen LogP contribution in [0.1, 0.15) is 32.6 Å². The first-order valence-electron chi connectivity index (χ1n) is 7.43. The first-order chi connectivity index (χ1) is 10.1. The summed E-state index contributed by atoms with van der Waals surface area (Å²) in [7, 11) is 3.25. The summed E-state index contributed by atoms with van der Waals surface area (Å²) in [5.74, 6) is 2.07. The third kappa shape index (κ3) is 4.24. The standard InChI is InChI=1S/C16H24N2O2S/c1-11-6-4-5-7-13(11)18-16(21)17-12-8-9-14(19-2)15(10-12)20-3/h8-11,13H,4-7H2,1-3H3,(H2,17,18,21). The second-order valence-corrected chi connectivity index (χ2v) is 5.94. The first-order valence-corrected chi connectivity index (χ1v) is 7.84. The topological polar surface area (TPSA) is 42.5 Å². The maximum Gasteiger partial charge on any atom is 0.171 e. The quantitative estimate of drug-likeness (QED) is 0.832. The predicted molar refractivity (Wildman–Crippen MR) is 90.3 cm³/mol. The highest BCUT2D eigenvalue weighted by Gasteiger charge is 2.21. The molecule has 0 aliphatic heterocycles. The summed E-state index contributed by atoms with van der Waals surface area (Å²) in [6, 6.07) is 6.16. The Labute approximate surface area is 132 Å². The molecule has 1 aromatic rings. The zero-order chi connectivity index (χ0) is 15.2. The summed E-state index contributed by atoms with van der Waals surface area (Å²) >= 11 is 5.42. The third-order valence-corrected chi connectivity index (χ3v) is 4.29. The number of anilines is 1. The van der Waals surface area contributed by atoms with E-state index in [0.717, 1.165) is 5.69 Å².